The topological polar surface area (TPSA) is 61.9 Å². The van der Waals surface area contributed by atoms with Crippen LogP contribution >= 0.6 is 0 Å². The van der Waals surface area contributed by atoms with E-state index in [1.54, 1.807) is 16.8 Å². The van der Waals surface area contributed by atoms with E-state index in [1.165, 1.54) is 0 Å². The summed E-state index contributed by atoms with van der Waals surface area (Å²) in [6, 6.07) is -0.0111. The van der Waals surface area contributed by atoms with Crippen molar-refractivity contribution in [3.8, 4) is 0 Å². The predicted molar refractivity (Wildman–Crippen MR) is 77.6 cm³/mol. The second-order valence-electron chi connectivity index (χ2n) is 6.49. The second kappa shape index (κ2) is 6.81. The molecule has 3 amide bonds. The van der Waals surface area contributed by atoms with Gasteiger partial charge in [0, 0.05) is 33.2 Å². The molecule has 1 rings (SSSR count). The molecule has 0 radical (unpaired) electrons. The van der Waals surface area contributed by atoms with E-state index < -0.39 is 5.60 Å². The standard InChI is InChI=1S/C14H27N3O3/c1-11(9-15-12(18)17-7-6-8-17)10-16(5)13(19)20-14(2,3)4/h11H,6-10H2,1-5H3,(H,15,18)/t11-/m1/s1. The van der Waals surface area contributed by atoms with Gasteiger partial charge in [-0.1, -0.05) is 6.92 Å². The summed E-state index contributed by atoms with van der Waals surface area (Å²) in [5.74, 6) is 0.178. The van der Waals surface area contributed by atoms with Crippen LogP contribution < -0.4 is 5.32 Å². The Morgan fingerprint density at radius 2 is 1.95 bits per heavy atom. The third kappa shape index (κ3) is 5.67. The van der Waals surface area contributed by atoms with Gasteiger partial charge in [-0.25, -0.2) is 9.59 Å². The summed E-state index contributed by atoms with van der Waals surface area (Å²) in [6.45, 7) is 10.3. The molecule has 1 heterocycles. The quantitative estimate of drug-likeness (QED) is 0.858. The Morgan fingerprint density at radius 3 is 2.40 bits per heavy atom. The lowest BCUT2D eigenvalue weighted by Gasteiger charge is -2.31. The van der Waals surface area contributed by atoms with Crippen molar-refractivity contribution in [2.24, 2.45) is 5.92 Å². The minimum atomic E-state index is -0.486. The number of carbonyl (C=O) groups excluding carboxylic acids is 2. The summed E-state index contributed by atoms with van der Waals surface area (Å²) < 4.78 is 5.28. The number of urea groups is 1. The highest BCUT2D eigenvalue weighted by atomic mass is 16.6. The molecule has 116 valence electrons. The molecule has 0 aromatic carbocycles. The van der Waals surface area contributed by atoms with E-state index in [0.29, 0.717) is 13.1 Å². The molecule has 6 heteroatoms. The Labute approximate surface area is 121 Å². The molecule has 0 aromatic rings. The van der Waals surface area contributed by atoms with Crippen LogP contribution in [0.5, 0.6) is 0 Å². The lowest BCUT2D eigenvalue weighted by atomic mass is 10.1. The summed E-state index contributed by atoms with van der Waals surface area (Å²) in [6.07, 6.45) is 0.753. The number of rotatable bonds is 4. The Balaban J connectivity index is 2.24. The van der Waals surface area contributed by atoms with E-state index in [-0.39, 0.29) is 18.0 Å². The average Bonchev–Trinajstić information content (AvgIpc) is 2.21. The fourth-order valence-electron chi connectivity index (χ4n) is 1.84. The van der Waals surface area contributed by atoms with Crippen molar-refractivity contribution in [2.75, 3.05) is 33.2 Å². The van der Waals surface area contributed by atoms with E-state index in [0.717, 1.165) is 19.5 Å². The summed E-state index contributed by atoms with van der Waals surface area (Å²) >= 11 is 0. The summed E-state index contributed by atoms with van der Waals surface area (Å²) in [5.41, 5.74) is -0.486. The molecule has 0 bridgehead atoms. The number of likely N-dealkylation sites (tertiary alicyclic amines) is 1. The molecule has 1 aliphatic heterocycles. The molecule has 1 fully saturated rings. The third-order valence-electron chi connectivity index (χ3n) is 3.04. The molecule has 0 spiro atoms. The number of nitrogens with one attached hydrogen (secondary N) is 1. The molecular weight excluding hydrogens is 258 g/mol. The zero-order valence-electron chi connectivity index (χ0n) is 13.2. The highest BCUT2D eigenvalue weighted by Gasteiger charge is 2.22. The number of carbonyl (C=O) groups is 2. The Morgan fingerprint density at radius 1 is 1.35 bits per heavy atom. The Hall–Kier alpha value is -1.46. The average molecular weight is 285 g/mol. The van der Waals surface area contributed by atoms with Gasteiger partial charge in [0.25, 0.3) is 0 Å². The lowest BCUT2D eigenvalue weighted by Crippen LogP contribution is -2.49. The number of amides is 3. The first kappa shape index (κ1) is 16.6. The number of ether oxygens (including phenoxy) is 1. The monoisotopic (exact) mass is 285 g/mol. The number of hydrogen-bond donors (Lipinski definition) is 1. The van der Waals surface area contributed by atoms with Gasteiger partial charge < -0.3 is 19.9 Å². The first-order valence-corrected chi connectivity index (χ1v) is 7.16. The van der Waals surface area contributed by atoms with Gasteiger partial charge in [0.1, 0.15) is 5.60 Å². The lowest BCUT2D eigenvalue weighted by molar-refractivity contribution is 0.0277. The SMILES string of the molecule is C[C@H](CNC(=O)N1CCC1)CN(C)C(=O)OC(C)(C)C. The fraction of sp³-hybridized carbons (Fsp3) is 0.857. The van der Waals surface area contributed by atoms with Crippen LogP contribution in [0.15, 0.2) is 0 Å². The maximum absolute atomic E-state index is 11.8. The molecule has 0 unspecified atom stereocenters. The van der Waals surface area contributed by atoms with Crippen LogP contribution in [0, 0.1) is 5.92 Å². The molecule has 0 saturated carbocycles. The van der Waals surface area contributed by atoms with Gasteiger partial charge in [0.05, 0.1) is 0 Å². The summed E-state index contributed by atoms with van der Waals surface area (Å²) in [7, 11) is 1.71. The Kier molecular flexibility index (Phi) is 5.65. The van der Waals surface area contributed by atoms with Gasteiger partial charge in [-0.05, 0) is 33.1 Å². The molecule has 1 saturated heterocycles. The van der Waals surface area contributed by atoms with Crippen molar-refractivity contribution >= 4 is 12.1 Å². The van der Waals surface area contributed by atoms with Gasteiger partial charge in [-0.3, -0.25) is 0 Å². The molecule has 1 aliphatic rings. The van der Waals surface area contributed by atoms with Crippen molar-refractivity contribution in [3.63, 3.8) is 0 Å². The molecular formula is C14H27N3O3. The summed E-state index contributed by atoms with van der Waals surface area (Å²) in [5, 5.41) is 2.89. The molecule has 20 heavy (non-hydrogen) atoms. The molecule has 0 aliphatic carbocycles. The van der Waals surface area contributed by atoms with Crippen LogP contribution in [0.1, 0.15) is 34.1 Å². The van der Waals surface area contributed by atoms with Crippen LogP contribution in [-0.4, -0.2) is 60.8 Å². The van der Waals surface area contributed by atoms with E-state index in [9.17, 15) is 9.59 Å². The number of nitrogens with zero attached hydrogens (tertiary/aromatic N) is 2. The first-order valence-electron chi connectivity index (χ1n) is 7.16. The highest BCUT2D eigenvalue weighted by Crippen LogP contribution is 2.10. The first-order chi connectivity index (χ1) is 9.19. The van der Waals surface area contributed by atoms with E-state index in [4.69, 9.17) is 4.74 Å². The van der Waals surface area contributed by atoms with E-state index in [1.807, 2.05) is 27.7 Å². The van der Waals surface area contributed by atoms with Crippen LogP contribution in [0.4, 0.5) is 9.59 Å². The minimum absolute atomic E-state index is 0.0111. The zero-order chi connectivity index (χ0) is 15.3. The van der Waals surface area contributed by atoms with Crippen molar-refractivity contribution in [1.82, 2.24) is 15.1 Å². The van der Waals surface area contributed by atoms with Crippen LogP contribution in [0.25, 0.3) is 0 Å². The van der Waals surface area contributed by atoms with E-state index >= 15 is 0 Å². The van der Waals surface area contributed by atoms with Gasteiger partial charge in [0.2, 0.25) is 0 Å². The maximum Gasteiger partial charge on any atom is 0.410 e. The second-order valence-corrected chi connectivity index (χ2v) is 6.49. The van der Waals surface area contributed by atoms with Crippen molar-refractivity contribution in [2.45, 2.75) is 39.7 Å². The van der Waals surface area contributed by atoms with Crippen LogP contribution in [0.2, 0.25) is 0 Å². The van der Waals surface area contributed by atoms with Crippen molar-refractivity contribution in [1.29, 1.82) is 0 Å². The minimum Gasteiger partial charge on any atom is -0.444 e. The normalized spacial score (nSPS) is 16.1. The largest absolute Gasteiger partial charge is 0.444 e. The molecule has 6 nitrogen and oxygen atoms in total. The highest BCUT2D eigenvalue weighted by molar-refractivity contribution is 5.74. The van der Waals surface area contributed by atoms with Crippen molar-refractivity contribution < 1.29 is 14.3 Å². The zero-order valence-corrected chi connectivity index (χ0v) is 13.2. The molecule has 0 aromatic heterocycles. The van der Waals surface area contributed by atoms with Crippen LogP contribution in [0.3, 0.4) is 0 Å². The van der Waals surface area contributed by atoms with Gasteiger partial charge >= 0.3 is 12.1 Å². The molecule has 1 atom stereocenters. The third-order valence-corrected chi connectivity index (χ3v) is 3.04. The van der Waals surface area contributed by atoms with Gasteiger partial charge in [0.15, 0.2) is 0 Å². The molecule has 1 N–H and O–H groups in total. The van der Waals surface area contributed by atoms with Gasteiger partial charge in [-0.15, -0.1) is 0 Å². The predicted octanol–water partition coefficient (Wildman–Crippen LogP) is 1.90. The van der Waals surface area contributed by atoms with Crippen molar-refractivity contribution in [3.05, 3.63) is 0 Å². The number of hydrogen-bond acceptors (Lipinski definition) is 3. The maximum atomic E-state index is 11.8. The summed E-state index contributed by atoms with van der Waals surface area (Å²) in [4.78, 5) is 26.8. The van der Waals surface area contributed by atoms with E-state index in [2.05, 4.69) is 5.32 Å². The fourth-order valence-corrected chi connectivity index (χ4v) is 1.84. The smallest absolute Gasteiger partial charge is 0.410 e. The van der Waals surface area contributed by atoms with Crippen LogP contribution in [-0.2, 0) is 4.74 Å². The Bertz CT molecular complexity index is 348. The van der Waals surface area contributed by atoms with Gasteiger partial charge in [-0.2, -0.15) is 0 Å².